The van der Waals surface area contributed by atoms with Crippen molar-refractivity contribution >= 4 is 14.1 Å². The van der Waals surface area contributed by atoms with Gasteiger partial charge in [0.2, 0.25) is 8.32 Å². The summed E-state index contributed by atoms with van der Waals surface area (Å²) in [5, 5.41) is 0.163. The molecule has 0 heterocycles. The predicted octanol–water partition coefficient (Wildman–Crippen LogP) is 7.00. The normalized spacial score (nSPS) is 11.6. The van der Waals surface area contributed by atoms with Crippen LogP contribution in [0.15, 0.2) is 30.8 Å². The van der Waals surface area contributed by atoms with Gasteiger partial charge in [-0.1, -0.05) is 83.6 Å². The van der Waals surface area contributed by atoms with Gasteiger partial charge in [-0.25, -0.2) is 0 Å². The Kier molecular flexibility index (Phi) is 7.83. The Labute approximate surface area is 150 Å². The summed E-state index contributed by atoms with van der Waals surface area (Å²) in [6, 6.07) is 8.19. The summed E-state index contributed by atoms with van der Waals surface area (Å²) in [6.45, 7) is 17.7. The summed E-state index contributed by atoms with van der Waals surface area (Å²) < 4.78 is 6.37. The van der Waals surface area contributed by atoms with Crippen LogP contribution in [0.2, 0.25) is 18.1 Å². The van der Waals surface area contributed by atoms with Crippen LogP contribution >= 0.6 is 0 Å². The SMILES string of the molecule is C=C(O[Si](C)(C)C(C)(C)C)c1ccccc1C#CCCCCCC. The van der Waals surface area contributed by atoms with E-state index in [-0.39, 0.29) is 5.04 Å². The molecule has 132 valence electrons. The molecule has 24 heavy (non-hydrogen) atoms. The van der Waals surface area contributed by atoms with Gasteiger partial charge in [-0.2, -0.15) is 0 Å². The zero-order valence-electron chi connectivity index (χ0n) is 16.5. The highest BCUT2D eigenvalue weighted by molar-refractivity contribution is 6.74. The molecule has 1 rings (SSSR count). The van der Waals surface area contributed by atoms with Gasteiger partial charge < -0.3 is 4.43 Å². The van der Waals surface area contributed by atoms with E-state index in [1.165, 1.54) is 25.7 Å². The smallest absolute Gasteiger partial charge is 0.250 e. The highest BCUT2D eigenvalue weighted by Crippen LogP contribution is 2.39. The molecule has 1 aromatic rings. The molecule has 2 heteroatoms. The maximum absolute atomic E-state index is 6.37. The van der Waals surface area contributed by atoms with Crippen molar-refractivity contribution in [2.45, 2.75) is 77.9 Å². The fourth-order valence-electron chi connectivity index (χ4n) is 2.15. The fourth-order valence-corrected chi connectivity index (χ4v) is 3.18. The number of rotatable bonds is 7. The van der Waals surface area contributed by atoms with Crippen molar-refractivity contribution in [1.82, 2.24) is 0 Å². The molecule has 0 saturated carbocycles. The molecular formula is C22H34OSi. The maximum Gasteiger partial charge on any atom is 0.250 e. The minimum Gasteiger partial charge on any atom is -0.543 e. The van der Waals surface area contributed by atoms with Crippen LogP contribution in [-0.4, -0.2) is 8.32 Å². The van der Waals surface area contributed by atoms with Gasteiger partial charge in [0.25, 0.3) is 0 Å². The van der Waals surface area contributed by atoms with Crippen LogP contribution in [0, 0.1) is 11.8 Å². The number of benzene rings is 1. The van der Waals surface area contributed by atoms with E-state index in [1.807, 2.05) is 12.1 Å². The molecule has 0 atom stereocenters. The summed E-state index contributed by atoms with van der Waals surface area (Å²) in [5.41, 5.74) is 2.06. The minimum absolute atomic E-state index is 0.163. The summed E-state index contributed by atoms with van der Waals surface area (Å²) in [6.07, 6.45) is 5.98. The van der Waals surface area contributed by atoms with Crippen LogP contribution in [0.1, 0.15) is 70.9 Å². The average Bonchev–Trinajstić information content (AvgIpc) is 2.49. The zero-order valence-corrected chi connectivity index (χ0v) is 17.5. The molecule has 0 radical (unpaired) electrons. The Morgan fingerprint density at radius 3 is 2.42 bits per heavy atom. The second-order valence-electron chi connectivity index (χ2n) is 7.94. The molecule has 0 N–H and O–H groups in total. The maximum atomic E-state index is 6.37. The van der Waals surface area contributed by atoms with Gasteiger partial charge in [0.15, 0.2) is 0 Å². The second kappa shape index (κ2) is 9.13. The van der Waals surface area contributed by atoms with E-state index in [0.717, 1.165) is 23.3 Å². The zero-order chi connectivity index (χ0) is 18.2. The van der Waals surface area contributed by atoms with Crippen molar-refractivity contribution in [3.05, 3.63) is 42.0 Å². The minimum atomic E-state index is -1.87. The van der Waals surface area contributed by atoms with Crippen LogP contribution < -0.4 is 0 Å². The molecule has 0 aliphatic rings. The molecular weight excluding hydrogens is 308 g/mol. The molecule has 0 aliphatic carbocycles. The molecule has 0 amide bonds. The Hall–Kier alpha value is -1.46. The summed E-state index contributed by atoms with van der Waals surface area (Å²) in [4.78, 5) is 0. The van der Waals surface area contributed by atoms with Crippen LogP contribution in [0.4, 0.5) is 0 Å². The Balaban J connectivity index is 2.83. The molecule has 1 nitrogen and oxygen atoms in total. The van der Waals surface area contributed by atoms with Crippen molar-refractivity contribution in [3.63, 3.8) is 0 Å². The lowest BCUT2D eigenvalue weighted by Gasteiger charge is -2.37. The quantitative estimate of drug-likeness (QED) is 0.224. The highest BCUT2D eigenvalue weighted by Gasteiger charge is 2.39. The van der Waals surface area contributed by atoms with Gasteiger partial charge in [0, 0.05) is 17.5 Å². The molecule has 0 fully saturated rings. The number of hydrogen-bond acceptors (Lipinski definition) is 1. The summed E-state index contributed by atoms with van der Waals surface area (Å²) in [7, 11) is -1.87. The molecule has 0 saturated heterocycles. The Bertz CT molecular complexity index is 596. The van der Waals surface area contributed by atoms with E-state index < -0.39 is 8.32 Å². The number of hydrogen-bond donors (Lipinski definition) is 0. The van der Waals surface area contributed by atoms with Gasteiger partial charge in [-0.3, -0.25) is 0 Å². The van der Waals surface area contributed by atoms with Crippen LogP contribution in [0.3, 0.4) is 0 Å². The van der Waals surface area contributed by atoms with E-state index >= 15 is 0 Å². The van der Waals surface area contributed by atoms with Crippen molar-refractivity contribution < 1.29 is 4.43 Å². The highest BCUT2D eigenvalue weighted by atomic mass is 28.4. The largest absolute Gasteiger partial charge is 0.543 e. The van der Waals surface area contributed by atoms with Gasteiger partial charge in [0.05, 0.1) is 0 Å². The van der Waals surface area contributed by atoms with Crippen molar-refractivity contribution in [2.75, 3.05) is 0 Å². The topological polar surface area (TPSA) is 9.23 Å². The molecule has 0 unspecified atom stereocenters. The van der Waals surface area contributed by atoms with Gasteiger partial charge in [-0.05, 0) is 30.6 Å². The molecule has 0 bridgehead atoms. The first kappa shape index (κ1) is 20.6. The Morgan fingerprint density at radius 2 is 1.79 bits per heavy atom. The third-order valence-electron chi connectivity index (χ3n) is 4.79. The van der Waals surface area contributed by atoms with E-state index in [0.29, 0.717) is 0 Å². The van der Waals surface area contributed by atoms with Crippen LogP contribution in [-0.2, 0) is 4.43 Å². The standard InChI is InChI=1S/C22H34OSi/c1-8-9-10-11-12-13-16-20-17-14-15-18-21(20)19(2)23-24(6,7)22(3,4)5/h14-15,17-18H,2,8-12H2,1,3-7H3. The van der Waals surface area contributed by atoms with Crippen molar-refractivity contribution in [2.24, 2.45) is 0 Å². The first-order valence-electron chi connectivity index (χ1n) is 9.15. The average molecular weight is 343 g/mol. The third kappa shape index (κ3) is 6.21. The first-order chi connectivity index (χ1) is 11.2. The van der Waals surface area contributed by atoms with E-state index in [9.17, 15) is 0 Å². The Morgan fingerprint density at radius 1 is 1.12 bits per heavy atom. The molecule has 0 aliphatic heterocycles. The van der Waals surface area contributed by atoms with E-state index in [1.54, 1.807) is 0 Å². The van der Waals surface area contributed by atoms with Gasteiger partial charge in [0.1, 0.15) is 5.76 Å². The lowest BCUT2D eigenvalue weighted by Crippen LogP contribution is -2.40. The van der Waals surface area contributed by atoms with Crippen LogP contribution in [0.25, 0.3) is 5.76 Å². The van der Waals surface area contributed by atoms with E-state index in [2.05, 4.69) is 71.3 Å². The lowest BCUT2D eigenvalue weighted by atomic mass is 10.1. The number of unbranched alkanes of at least 4 members (excludes halogenated alkanes) is 4. The third-order valence-corrected chi connectivity index (χ3v) is 9.16. The summed E-state index contributed by atoms with van der Waals surface area (Å²) in [5.74, 6) is 7.40. The second-order valence-corrected chi connectivity index (χ2v) is 12.7. The molecule has 0 aromatic heterocycles. The molecule has 0 spiro atoms. The fraction of sp³-hybridized carbons (Fsp3) is 0.545. The monoisotopic (exact) mass is 342 g/mol. The predicted molar refractivity (Wildman–Crippen MR) is 109 cm³/mol. The van der Waals surface area contributed by atoms with Crippen molar-refractivity contribution in [3.8, 4) is 11.8 Å². The van der Waals surface area contributed by atoms with Gasteiger partial charge in [-0.15, -0.1) is 0 Å². The van der Waals surface area contributed by atoms with Crippen molar-refractivity contribution in [1.29, 1.82) is 0 Å². The van der Waals surface area contributed by atoms with Gasteiger partial charge >= 0.3 is 0 Å². The first-order valence-corrected chi connectivity index (χ1v) is 12.1. The molecule has 1 aromatic carbocycles. The van der Waals surface area contributed by atoms with Crippen LogP contribution in [0.5, 0.6) is 0 Å². The van der Waals surface area contributed by atoms with E-state index in [4.69, 9.17) is 4.43 Å². The summed E-state index contributed by atoms with van der Waals surface area (Å²) >= 11 is 0. The lowest BCUT2D eigenvalue weighted by molar-refractivity contribution is 0.459.